The first-order valence-electron chi connectivity index (χ1n) is 13.5. The number of ether oxygens (including phenoxy) is 3. The predicted octanol–water partition coefficient (Wildman–Crippen LogP) is 5.32. The van der Waals surface area contributed by atoms with Crippen molar-refractivity contribution in [1.82, 2.24) is 4.90 Å². The number of carbonyl (C=O) groups excluding carboxylic acids is 2. The number of carbonyl (C=O) groups is 2. The Morgan fingerprint density at radius 3 is 2.31 bits per heavy atom. The van der Waals surface area contributed by atoms with Gasteiger partial charge in [-0.15, -0.1) is 0 Å². The largest absolute Gasteiger partial charge is 0.487 e. The Balaban J connectivity index is 1.34. The Bertz CT molecular complexity index is 1290. The predicted molar refractivity (Wildman–Crippen MR) is 149 cm³/mol. The van der Waals surface area contributed by atoms with Crippen LogP contribution in [0, 0.1) is 0 Å². The summed E-state index contributed by atoms with van der Waals surface area (Å²) < 4.78 is 41.5. The van der Waals surface area contributed by atoms with Crippen LogP contribution in [-0.4, -0.2) is 62.5 Å². The number of rotatable bonds is 7. The summed E-state index contributed by atoms with van der Waals surface area (Å²) in [7, 11) is -2.02. The maximum Gasteiger partial charge on any atom is 0.410 e. The highest BCUT2D eigenvalue weighted by molar-refractivity contribution is 7.90. The Morgan fingerprint density at radius 1 is 1.00 bits per heavy atom. The second-order valence-electron chi connectivity index (χ2n) is 11.5. The lowest BCUT2D eigenvalue weighted by Crippen LogP contribution is -2.52. The molecule has 2 aliphatic heterocycles. The van der Waals surface area contributed by atoms with Crippen molar-refractivity contribution < 1.29 is 32.2 Å². The molecule has 2 aromatic carbocycles. The second-order valence-corrected chi connectivity index (χ2v) is 13.7. The van der Waals surface area contributed by atoms with Crippen LogP contribution in [0.4, 0.5) is 4.79 Å². The molecule has 0 bridgehead atoms. The minimum absolute atomic E-state index is 0.0464. The van der Waals surface area contributed by atoms with Gasteiger partial charge in [0.25, 0.3) is 0 Å². The van der Waals surface area contributed by atoms with Crippen LogP contribution in [0.3, 0.4) is 0 Å². The summed E-state index contributed by atoms with van der Waals surface area (Å²) in [5.41, 5.74) is 3.19. The number of aryl methyl sites for hydroxylation is 1. The van der Waals surface area contributed by atoms with Crippen molar-refractivity contribution in [3.05, 3.63) is 53.6 Å². The highest BCUT2D eigenvalue weighted by atomic mass is 32.2. The van der Waals surface area contributed by atoms with Gasteiger partial charge in [0.05, 0.1) is 18.6 Å². The van der Waals surface area contributed by atoms with Gasteiger partial charge in [-0.3, -0.25) is 4.79 Å². The summed E-state index contributed by atoms with van der Waals surface area (Å²) in [4.78, 5) is 25.4. The van der Waals surface area contributed by atoms with Gasteiger partial charge in [0.1, 0.15) is 17.0 Å². The lowest BCUT2D eigenvalue weighted by Gasteiger charge is -2.44. The Kier molecular flexibility index (Phi) is 8.59. The quantitative estimate of drug-likeness (QED) is 0.425. The van der Waals surface area contributed by atoms with E-state index in [1.54, 1.807) is 4.90 Å². The van der Waals surface area contributed by atoms with Crippen LogP contribution in [0.2, 0.25) is 0 Å². The van der Waals surface area contributed by atoms with Crippen LogP contribution in [0.1, 0.15) is 64.0 Å². The molecule has 0 aliphatic carbocycles. The monoisotopic (exact) mass is 557 g/mol. The van der Waals surface area contributed by atoms with Gasteiger partial charge in [0.2, 0.25) is 0 Å². The molecule has 1 amide bonds. The molecule has 0 radical (unpaired) electrons. The van der Waals surface area contributed by atoms with Gasteiger partial charge in [0, 0.05) is 32.4 Å². The third-order valence-corrected chi connectivity index (χ3v) is 8.98. The van der Waals surface area contributed by atoms with Crippen LogP contribution in [-0.2, 0) is 36.3 Å². The zero-order valence-electron chi connectivity index (χ0n) is 23.3. The van der Waals surface area contributed by atoms with Crippen molar-refractivity contribution in [3.8, 4) is 16.9 Å². The first-order chi connectivity index (χ1) is 18.4. The van der Waals surface area contributed by atoms with Crippen molar-refractivity contribution in [3.63, 3.8) is 0 Å². The van der Waals surface area contributed by atoms with Crippen molar-refractivity contribution in [2.45, 2.75) is 76.3 Å². The summed E-state index contributed by atoms with van der Waals surface area (Å²) in [6.45, 7) is 6.87. The zero-order valence-corrected chi connectivity index (χ0v) is 24.1. The molecule has 8 nitrogen and oxygen atoms in total. The van der Waals surface area contributed by atoms with Crippen LogP contribution < -0.4 is 4.74 Å². The standard InChI is InChI=1S/C30H39NO7S/c1-29(2,3)38-28(33)31-17-15-30(16-18-31)14-13-25-20-24(11-12-26(25)37-30)23-9-7-22(8-10-23)21-39(34,35)19-5-6-27(32)36-4/h7-12,20H,5-6,13-19,21H2,1-4H3. The Labute approximate surface area is 231 Å². The third-order valence-electron chi connectivity index (χ3n) is 7.30. The number of fused-ring (bicyclic) bond motifs is 1. The molecule has 0 unspecified atom stereocenters. The Morgan fingerprint density at radius 2 is 1.67 bits per heavy atom. The van der Waals surface area contributed by atoms with Gasteiger partial charge in [-0.2, -0.15) is 0 Å². The molecule has 4 rings (SSSR count). The molecule has 2 aliphatic rings. The lowest BCUT2D eigenvalue weighted by molar-refractivity contribution is -0.140. The van der Waals surface area contributed by atoms with Crippen LogP contribution in [0.25, 0.3) is 11.1 Å². The van der Waals surface area contributed by atoms with Crippen molar-refractivity contribution in [2.24, 2.45) is 0 Å². The average Bonchev–Trinajstić information content (AvgIpc) is 2.88. The summed E-state index contributed by atoms with van der Waals surface area (Å²) in [5.74, 6) is 0.393. The molecule has 39 heavy (non-hydrogen) atoms. The van der Waals surface area contributed by atoms with E-state index in [0.717, 1.165) is 53.7 Å². The zero-order chi connectivity index (χ0) is 28.3. The molecule has 2 aromatic rings. The molecule has 1 spiro atoms. The van der Waals surface area contributed by atoms with Crippen molar-refractivity contribution in [1.29, 1.82) is 0 Å². The first kappa shape index (κ1) is 28.9. The molecule has 1 saturated heterocycles. The van der Waals surface area contributed by atoms with Gasteiger partial charge >= 0.3 is 12.1 Å². The highest BCUT2D eigenvalue weighted by Crippen LogP contribution is 2.41. The van der Waals surface area contributed by atoms with Crippen LogP contribution >= 0.6 is 0 Å². The summed E-state index contributed by atoms with van der Waals surface area (Å²) in [5, 5.41) is 0. The van der Waals surface area contributed by atoms with Gasteiger partial charge in [-0.25, -0.2) is 13.2 Å². The van der Waals surface area contributed by atoms with Crippen LogP contribution in [0.15, 0.2) is 42.5 Å². The van der Waals surface area contributed by atoms with Gasteiger partial charge in [-0.1, -0.05) is 30.3 Å². The van der Waals surface area contributed by atoms with Gasteiger partial charge in [0.15, 0.2) is 9.84 Å². The van der Waals surface area contributed by atoms with E-state index in [0.29, 0.717) is 13.1 Å². The topological polar surface area (TPSA) is 99.2 Å². The van der Waals surface area contributed by atoms with E-state index in [2.05, 4.69) is 10.8 Å². The molecular weight excluding hydrogens is 518 g/mol. The molecule has 0 aromatic heterocycles. The maximum absolute atomic E-state index is 12.4. The summed E-state index contributed by atoms with van der Waals surface area (Å²) in [6.07, 6.45) is 3.45. The fraction of sp³-hybridized carbons (Fsp3) is 0.533. The number of methoxy groups -OCH3 is 1. The normalized spacial score (nSPS) is 16.8. The number of amides is 1. The van der Waals surface area contributed by atoms with Crippen LogP contribution in [0.5, 0.6) is 5.75 Å². The van der Waals surface area contributed by atoms with Gasteiger partial charge < -0.3 is 19.1 Å². The maximum atomic E-state index is 12.4. The van der Waals surface area contributed by atoms with Crippen molar-refractivity contribution >= 4 is 21.9 Å². The third kappa shape index (κ3) is 7.75. The van der Waals surface area contributed by atoms with E-state index in [1.807, 2.05) is 57.2 Å². The number of benzene rings is 2. The van der Waals surface area contributed by atoms with E-state index in [1.165, 1.54) is 7.11 Å². The Hall–Kier alpha value is -3.07. The molecule has 1 fully saturated rings. The smallest absolute Gasteiger partial charge is 0.410 e. The minimum Gasteiger partial charge on any atom is -0.487 e. The molecule has 0 saturated carbocycles. The number of esters is 1. The molecule has 2 heterocycles. The molecule has 0 atom stereocenters. The number of likely N-dealkylation sites (tertiary alicyclic amines) is 1. The van der Waals surface area contributed by atoms with Gasteiger partial charge in [-0.05, 0) is 74.4 Å². The highest BCUT2D eigenvalue weighted by Gasteiger charge is 2.41. The number of nitrogens with zero attached hydrogens (tertiary/aromatic N) is 1. The summed E-state index contributed by atoms with van der Waals surface area (Å²) >= 11 is 0. The second kappa shape index (κ2) is 11.6. The fourth-order valence-electron chi connectivity index (χ4n) is 5.13. The molecular formula is C30H39NO7S. The average molecular weight is 558 g/mol. The van der Waals surface area contributed by atoms with E-state index in [-0.39, 0.29) is 36.0 Å². The minimum atomic E-state index is -3.31. The molecule has 0 N–H and O–H groups in total. The van der Waals surface area contributed by atoms with Crippen molar-refractivity contribution in [2.75, 3.05) is 26.0 Å². The van der Waals surface area contributed by atoms with E-state index in [4.69, 9.17) is 9.47 Å². The number of hydrogen-bond donors (Lipinski definition) is 0. The summed E-state index contributed by atoms with van der Waals surface area (Å²) in [6, 6.07) is 13.8. The van der Waals surface area contributed by atoms with E-state index in [9.17, 15) is 18.0 Å². The molecule has 212 valence electrons. The lowest BCUT2D eigenvalue weighted by atomic mass is 9.82. The first-order valence-corrected chi connectivity index (χ1v) is 15.4. The number of hydrogen-bond acceptors (Lipinski definition) is 7. The fourth-order valence-corrected chi connectivity index (χ4v) is 6.56. The molecule has 9 heteroatoms. The SMILES string of the molecule is COC(=O)CCCS(=O)(=O)Cc1ccc(-c2ccc3c(c2)CCC2(CCN(C(=O)OC(C)(C)C)CC2)O3)cc1. The number of piperidine rings is 1. The van der Waals surface area contributed by atoms with E-state index >= 15 is 0 Å². The number of sulfone groups is 1. The van der Waals surface area contributed by atoms with E-state index < -0.39 is 21.4 Å².